The number of aryl methyl sites for hydroxylation is 1. The molecule has 3 heterocycles. The van der Waals surface area contributed by atoms with E-state index in [9.17, 15) is 4.79 Å². The highest BCUT2D eigenvalue weighted by atomic mass is 16.2. The van der Waals surface area contributed by atoms with Crippen LogP contribution in [0.15, 0.2) is 61.2 Å². The van der Waals surface area contributed by atoms with Gasteiger partial charge in [0.25, 0.3) is 5.91 Å². The van der Waals surface area contributed by atoms with Gasteiger partial charge in [0.1, 0.15) is 0 Å². The van der Waals surface area contributed by atoms with Crippen molar-refractivity contribution in [2.75, 3.05) is 36.4 Å². The molecule has 1 aliphatic heterocycles. The molecular formula is C22H24N6O. The first-order valence-electron chi connectivity index (χ1n) is 9.75. The van der Waals surface area contributed by atoms with Crippen LogP contribution in [0.4, 0.5) is 11.6 Å². The SMILES string of the molecule is Cc1cccc(N2CCN(C(=O)c3cnc(NCc4ccncc4)nc3)CC2)c1. The van der Waals surface area contributed by atoms with Crippen LogP contribution in [0.3, 0.4) is 0 Å². The number of nitrogens with zero attached hydrogens (tertiary/aromatic N) is 5. The van der Waals surface area contributed by atoms with Gasteiger partial charge < -0.3 is 15.1 Å². The number of pyridine rings is 1. The summed E-state index contributed by atoms with van der Waals surface area (Å²) in [7, 11) is 0. The number of carbonyl (C=O) groups excluding carboxylic acids is 1. The zero-order valence-corrected chi connectivity index (χ0v) is 16.5. The smallest absolute Gasteiger partial charge is 0.257 e. The summed E-state index contributed by atoms with van der Waals surface area (Å²) in [5.74, 6) is 0.484. The Kier molecular flexibility index (Phi) is 5.65. The highest BCUT2D eigenvalue weighted by Gasteiger charge is 2.22. The van der Waals surface area contributed by atoms with Gasteiger partial charge in [0, 0.05) is 63.2 Å². The van der Waals surface area contributed by atoms with E-state index in [4.69, 9.17) is 0 Å². The molecule has 7 heteroatoms. The molecule has 3 aromatic rings. The average Bonchev–Trinajstić information content (AvgIpc) is 2.78. The van der Waals surface area contributed by atoms with Crippen LogP contribution in [-0.2, 0) is 6.54 Å². The van der Waals surface area contributed by atoms with Crippen molar-refractivity contribution in [1.82, 2.24) is 19.9 Å². The van der Waals surface area contributed by atoms with Gasteiger partial charge in [0.05, 0.1) is 5.56 Å². The van der Waals surface area contributed by atoms with Crippen LogP contribution in [0.25, 0.3) is 0 Å². The number of aromatic nitrogens is 3. The average molecular weight is 388 g/mol. The third-order valence-electron chi connectivity index (χ3n) is 5.03. The lowest BCUT2D eigenvalue weighted by Gasteiger charge is -2.36. The molecule has 1 N–H and O–H groups in total. The van der Waals surface area contributed by atoms with Crippen LogP contribution >= 0.6 is 0 Å². The summed E-state index contributed by atoms with van der Waals surface area (Å²) in [6.07, 6.45) is 6.69. The van der Waals surface area contributed by atoms with E-state index in [-0.39, 0.29) is 5.91 Å². The second-order valence-electron chi connectivity index (χ2n) is 7.12. The van der Waals surface area contributed by atoms with Gasteiger partial charge in [-0.25, -0.2) is 9.97 Å². The van der Waals surface area contributed by atoms with Gasteiger partial charge in [-0.2, -0.15) is 0 Å². The summed E-state index contributed by atoms with van der Waals surface area (Å²) in [6, 6.07) is 12.3. The molecule has 0 atom stereocenters. The summed E-state index contributed by atoms with van der Waals surface area (Å²) < 4.78 is 0. The maximum atomic E-state index is 12.8. The Balaban J connectivity index is 1.31. The Morgan fingerprint density at radius 3 is 2.45 bits per heavy atom. The first-order valence-corrected chi connectivity index (χ1v) is 9.75. The molecule has 1 aliphatic rings. The summed E-state index contributed by atoms with van der Waals surface area (Å²) >= 11 is 0. The fourth-order valence-corrected chi connectivity index (χ4v) is 3.39. The van der Waals surface area contributed by atoms with Gasteiger partial charge in [0.15, 0.2) is 0 Å². The highest BCUT2D eigenvalue weighted by molar-refractivity contribution is 5.93. The molecule has 2 aromatic heterocycles. The van der Waals surface area contributed by atoms with Crippen molar-refractivity contribution in [3.05, 3.63) is 77.9 Å². The Morgan fingerprint density at radius 1 is 1.03 bits per heavy atom. The van der Waals surface area contributed by atoms with Crippen LogP contribution < -0.4 is 10.2 Å². The summed E-state index contributed by atoms with van der Waals surface area (Å²) in [5, 5.41) is 3.15. The zero-order chi connectivity index (χ0) is 20.1. The predicted molar refractivity (Wildman–Crippen MR) is 113 cm³/mol. The third-order valence-corrected chi connectivity index (χ3v) is 5.03. The molecule has 1 fully saturated rings. The lowest BCUT2D eigenvalue weighted by molar-refractivity contribution is 0.0746. The standard InChI is InChI=1S/C22H24N6O/c1-17-3-2-4-20(13-17)27-9-11-28(12-10-27)21(29)19-15-25-22(26-16-19)24-14-18-5-7-23-8-6-18/h2-8,13,15-16H,9-12,14H2,1H3,(H,24,25,26). The maximum Gasteiger partial charge on any atom is 0.257 e. The second kappa shape index (κ2) is 8.68. The first kappa shape index (κ1) is 18.9. The molecule has 0 aliphatic carbocycles. The normalized spacial score (nSPS) is 14.0. The summed E-state index contributed by atoms with van der Waals surface area (Å²) in [4.78, 5) is 29.5. The van der Waals surface area contributed by atoms with Crippen molar-refractivity contribution in [3.63, 3.8) is 0 Å². The van der Waals surface area contributed by atoms with Gasteiger partial charge in [-0.15, -0.1) is 0 Å². The van der Waals surface area contributed by atoms with Gasteiger partial charge in [0.2, 0.25) is 5.95 Å². The topological polar surface area (TPSA) is 74.2 Å². The fraction of sp³-hybridized carbons (Fsp3) is 0.273. The molecule has 1 saturated heterocycles. The van der Waals surface area contributed by atoms with E-state index >= 15 is 0 Å². The molecule has 4 rings (SSSR count). The monoisotopic (exact) mass is 388 g/mol. The Morgan fingerprint density at radius 2 is 1.76 bits per heavy atom. The molecule has 7 nitrogen and oxygen atoms in total. The molecule has 0 saturated carbocycles. The van der Waals surface area contributed by atoms with Crippen LogP contribution in [-0.4, -0.2) is 51.9 Å². The molecule has 0 spiro atoms. The minimum atomic E-state index is -0.0189. The number of anilines is 2. The largest absolute Gasteiger partial charge is 0.368 e. The van der Waals surface area contributed by atoms with Crippen molar-refractivity contribution in [2.24, 2.45) is 0 Å². The minimum Gasteiger partial charge on any atom is -0.368 e. The van der Waals surface area contributed by atoms with E-state index in [2.05, 4.69) is 56.4 Å². The summed E-state index contributed by atoms with van der Waals surface area (Å²) in [6.45, 7) is 5.72. The van der Waals surface area contributed by atoms with E-state index in [1.165, 1.54) is 11.3 Å². The van der Waals surface area contributed by atoms with Crippen molar-refractivity contribution < 1.29 is 4.79 Å². The van der Waals surface area contributed by atoms with Gasteiger partial charge in [-0.3, -0.25) is 9.78 Å². The number of carbonyl (C=O) groups is 1. The van der Waals surface area contributed by atoms with E-state index in [0.717, 1.165) is 18.7 Å². The highest BCUT2D eigenvalue weighted by Crippen LogP contribution is 2.18. The number of nitrogens with one attached hydrogen (secondary N) is 1. The van der Waals surface area contributed by atoms with Crippen LogP contribution in [0.5, 0.6) is 0 Å². The quantitative estimate of drug-likeness (QED) is 0.724. The number of rotatable bonds is 5. The van der Waals surface area contributed by atoms with Gasteiger partial charge in [-0.05, 0) is 42.3 Å². The number of hydrogen-bond acceptors (Lipinski definition) is 6. The Hall–Kier alpha value is -3.48. The fourth-order valence-electron chi connectivity index (χ4n) is 3.39. The Bertz CT molecular complexity index is 953. The second-order valence-corrected chi connectivity index (χ2v) is 7.12. The van der Waals surface area contributed by atoms with Crippen LogP contribution in [0.2, 0.25) is 0 Å². The van der Waals surface area contributed by atoms with E-state index in [0.29, 0.717) is 31.1 Å². The zero-order valence-electron chi connectivity index (χ0n) is 16.5. The van der Waals surface area contributed by atoms with Crippen molar-refractivity contribution in [3.8, 4) is 0 Å². The van der Waals surface area contributed by atoms with Crippen molar-refractivity contribution in [2.45, 2.75) is 13.5 Å². The number of benzene rings is 1. The molecule has 0 unspecified atom stereocenters. The van der Waals surface area contributed by atoms with Gasteiger partial charge in [-0.1, -0.05) is 12.1 Å². The molecule has 148 valence electrons. The number of piperazine rings is 1. The predicted octanol–water partition coefficient (Wildman–Crippen LogP) is 2.75. The first-order chi connectivity index (χ1) is 14.2. The van der Waals surface area contributed by atoms with Crippen LogP contribution in [0, 0.1) is 6.92 Å². The van der Waals surface area contributed by atoms with Crippen molar-refractivity contribution in [1.29, 1.82) is 0 Å². The van der Waals surface area contributed by atoms with Gasteiger partial charge >= 0.3 is 0 Å². The molecule has 0 bridgehead atoms. The summed E-state index contributed by atoms with van der Waals surface area (Å²) in [5.41, 5.74) is 4.07. The molecule has 1 aromatic carbocycles. The number of amides is 1. The lowest BCUT2D eigenvalue weighted by atomic mass is 10.2. The minimum absolute atomic E-state index is 0.0189. The Labute approximate surface area is 170 Å². The molecule has 1 amide bonds. The van der Waals surface area contributed by atoms with E-state index in [1.807, 2.05) is 17.0 Å². The molecule has 0 radical (unpaired) electrons. The third kappa shape index (κ3) is 4.68. The maximum absolute atomic E-state index is 12.8. The van der Waals surface area contributed by atoms with Crippen LogP contribution in [0.1, 0.15) is 21.5 Å². The van der Waals surface area contributed by atoms with E-state index in [1.54, 1.807) is 24.8 Å². The lowest BCUT2D eigenvalue weighted by Crippen LogP contribution is -2.48. The van der Waals surface area contributed by atoms with Crippen molar-refractivity contribution >= 4 is 17.5 Å². The molecular weight excluding hydrogens is 364 g/mol. The number of hydrogen-bond donors (Lipinski definition) is 1. The van der Waals surface area contributed by atoms with E-state index < -0.39 is 0 Å². The molecule has 29 heavy (non-hydrogen) atoms.